The van der Waals surface area contributed by atoms with Crippen molar-refractivity contribution >= 4 is 41.8 Å². The zero-order valence-electron chi connectivity index (χ0n) is 32.9. The van der Waals surface area contributed by atoms with Gasteiger partial charge in [0.15, 0.2) is 11.4 Å². The molecule has 0 atom stereocenters. The number of rotatable bonds is 22. The maximum Gasteiger partial charge on any atom is 0.737 e. The molecule has 0 unspecified atom stereocenters. The molecule has 13 nitrogen and oxygen atoms in total. The number of carbonyl (C=O) groups excluding carboxylic acids is 2. The third-order valence-electron chi connectivity index (χ3n) is 9.46. The van der Waals surface area contributed by atoms with E-state index < -0.39 is 6.97 Å². The second-order valence-corrected chi connectivity index (χ2v) is 13.6. The number of aromatic nitrogens is 1. The highest BCUT2D eigenvalue weighted by Gasteiger charge is 2.55. The van der Waals surface area contributed by atoms with Gasteiger partial charge >= 0.3 is 6.97 Å². The Labute approximate surface area is 331 Å². The first-order valence-electron chi connectivity index (χ1n) is 19.0. The number of ether oxygens (including phenoxy) is 4. The van der Waals surface area contributed by atoms with Gasteiger partial charge in [0.2, 0.25) is 11.8 Å². The minimum Gasteiger partial charge on any atom is -0.491 e. The van der Waals surface area contributed by atoms with Crippen LogP contribution in [0.15, 0.2) is 78.0 Å². The predicted octanol–water partition coefficient (Wildman–Crippen LogP) is 3.31. The Balaban J connectivity index is 1.39. The van der Waals surface area contributed by atoms with Crippen molar-refractivity contribution < 1.29 is 51.9 Å². The number of anilines is 1. The van der Waals surface area contributed by atoms with Gasteiger partial charge in [0, 0.05) is 49.3 Å². The van der Waals surface area contributed by atoms with E-state index in [1.807, 2.05) is 38.1 Å². The molecule has 0 spiro atoms. The summed E-state index contributed by atoms with van der Waals surface area (Å²) < 4.78 is 57.8. The quantitative estimate of drug-likeness (QED) is 0.0890. The van der Waals surface area contributed by atoms with Crippen molar-refractivity contribution in [2.24, 2.45) is 0 Å². The SMILES string of the molecule is COCCOCCOCCOc1ccc(C2=C3C(C)=CC(/C=C/c4ccc(N(CC(=O)NCCO)CC(=O)NCCO)cc4)=[N+]3[B-](F)(F)n3c(C)cc(C)c32)cc1. The molecule has 0 saturated heterocycles. The van der Waals surface area contributed by atoms with Gasteiger partial charge in [0.25, 0.3) is 0 Å². The standard InChI is InChI=1S/C41H52BF2N5O8/c1-29-25-31(3)48-40(29)39(33-8-13-36(14-9-33)57-24-23-56-22-21-55-20-19-54-4)41-30(2)26-35(49(41)42(48,43)44)12-7-32-5-10-34(11-6-32)47(27-37(52)45-15-17-50)28-38(53)46-16-18-51/h5-14,25-26,50-51H,15-24,27-28H2,1-4H3,(H,45,52)(H,46,53)/b12-7+. The number of amides is 2. The van der Waals surface area contributed by atoms with E-state index in [2.05, 4.69) is 10.6 Å². The number of hydrogen-bond acceptors (Lipinski definition) is 9. The lowest BCUT2D eigenvalue weighted by Crippen LogP contribution is -2.51. The lowest BCUT2D eigenvalue weighted by atomic mass is 9.84. The van der Waals surface area contributed by atoms with Crippen LogP contribution < -0.4 is 20.3 Å². The number of methoxy groups -OCH3 is 1. The molecule has 3 heterocycles. The van der Waals surface area contributed by atoms with Gasteiger partial charge in [-0.05, 0) is 79.6 Å². The molecule has 2 aliphatic heterocycles. The molecule has 0 aliphatic carbocycles. The average Bonchev–Trinajstić information content (AvgIpc) is 3.70. The minimum absolute atomic E-state index is 0.0753. The van der Waals surface area contributed by atoms with E-state index in [0.717, 1.165) is 20.1 Å². The molecule has 0 radical (unpaired) electrons. The van der Waals surface area contributed by atoms with Crippen LogP contribution in [0.5, 0.6) is 5.75 Å². The topological polar surface area (TPSA) is 147 Å². The Morgan fingerprint density at radius 2 is 1.44 bits per heavy atom. The Hall–Kier alpha value is -5.13. The number of aryl methyl sites for hydroxylation is 2. The highest BCUT2D eigenvalue weighted by Crippen LogP contribution is 2.44. The molecule has 57 heavy (non-hydrogen) atoms. The fraction of sp³-hybridized carbons (Fsp3) is 0.390. The van der Waals surface area contributed by atoms with Gasteiger partial charge in [0.05, 0.1) is 64.9 Å². The Morgan fingerprint density at radius 3 is 2.04 bits per heavy atom. The zero-order valence-corrected chi connectivity index (χ0v) is 32.9. The maximum absolute atomic E-state index is 16.8. The fourth-order valence-corrected chi connectivity index (χ4v) is 6.96. The number of fused-ring (bicyclic) bond motifs is 2. The lowest BCUT2D eigenvalue weighted by molar-refractivity contribution is -0.362. The van der Waals surface area contributed by atoms with Crippen molar-refractivity contribution in [3.8, 4) is 5.75 Å². The molecular weight excluding hydrogens is 739 g/mol. The molecule has 3 aromatic rings. The van der Waals surface area contributed by atoms with Gasteiger partial charge in [-0.3, -0.25) is 9.59 Å². The monoisotopic (exact) mass is 791 g/mol. The molecule has 0 bridgehead atoms. The summed E-state index contributed by atoms with van der Waals surface area (Å²) in [6.07, 6.45) is 5.19. The van der Waals surface area contributed by atoms with Crippen LogP contribution in [0, 0.1) is 13.8 Å². The van der Waals surface area contributed by atoms with Gasteiger partial charge in [-0.2, -0.15) is 0 Å². The summed E-state index contributed by atoms with van der Waals surface area (Å²) in [6.45, 7) is 3.21. The fourth-order valence-electron chi connectivity index (χ4n) is 6.96. The maximum atomic E-state index is 16.8. The number of benzene rings is 2. The molecule has 2 aromatic carbocycles. The van der Waals surface area contributed by atoms with Crippen molar-refractivity contribution in [2.75, 3.05) is 91.0 Å². The minimum atomic E-state index is -4.28. The number of nitrogens with one attached hydrogen (secondary N) is 2. The van der Waals surface area contributed by atoms with Gasteiger partial charge in [0.1, 0.15) is 12.4 Å². The molecule has 16 heteroatoms. The Kier molecular flexibility index (Phi) is 15.3. The molecule has 0 saturated carbocycles. The van der Waals surface area contributed by atoms with Crippen LogP contribution in [0.2, 0.25) is 0 Å². The molecule has 0 fully saturated rings. The van der Waals surface area contributed by atoms with E-state index in [1.165, 1.54) is 0 Å². The lowest BCUT2D eigenvalue weighted by Gasteiger charge is -2.34. The van der Waals surface area contributed by atoms with Crippen molar-refractivity contribution in [3.05, 3.63) is 106 Å². The third-order valence-corrected chi connectivity index (χ3v) is 9.46. The van der Waals surface area contributed by atoms with Crippen LogP contribution in [0.1, 0.15) is 35.0 Å². The summed E-state index contributed by atoms with van der Waals surface area (Å²) >= 11 is 0. The van der Waals surface area contributed by atoms with Crippen molar-refractivity contribution in [1.82, 2.24) is 15.1 Å². The summed E-state index contributed by atoms with van der Waals surface area (Å²) in [5, 5.41) is 23.3. The molecule has 4 N–H and O–H groups in total. The van der Waals surface area contributed by atoms with E-state index in [1.54, 1.807) is 67.5 Å². The first-order valence-corrected chi connectivity index (χ1v) is 19.0. The third kappa shape index (κ3) is 10.6. The second-order valence-electron chi connectivity index (χ2n) is 13.6. The van der Waals surface area contributed by atoms with E-state index in [0.29, 0.717) is 90.6 Å². The van der Waals surface area contributed by atoms with E-state index in [4.69, 9.17) is 29.2 Å². The van der Waals surface area contributed by atoms with Gasteiger partial charge in [-0.1, -0.05) is 24.3 Å². The molecule has 2 amide bonds. The number of carbonyl (C=O) groups is 2. The summed E-state index contributed by atoms with van der Waals surface area (Å²) in [6, 6.07) is 16.3. The first kappa shape index (κ1) is 43.0. The van der Waals surface area contributed by atoms with Crippen LogP contribution in [0.4, 0.5) is 14.3 Å². The Bertz CT molecular complexity index is 1970. The predicted molar refractivity (Wildman–Crippen MR) is 216 cm³/mol. The first-order chi connectivity index (χ1) is 27.5. The molecule has 5 rings (SSSR count). The van der Waals surface area contributed by atoms with E-state index in [-0.39, 0.29) is 51.2 Å². The smallest absolute Gasteiger partial charge is 0.491 e. The number of halogens is 2. The largest absolute Gasteiger partial charge is 0.737 e. The molecule has 2 aliphatic rings. The van der Waals surface area contributed by atoms with Crippen LogP contribution in [-0.4, -0.2) is 130 Å². The van der Waals surface area contributed by atoms with E-state index >= 15 is 8.63 Å². The summed E-state index contributed by atoms with van der Waals surface area (Å²) in [5.41, 5.74) is 5.91. The molecule has 1 aromatic heterocycles. The second kappa shape index (κ2) is 20.3. The number of allylic oxidation sites excluding steroid dienone is 3. The highest BCUT2D eigenvalue weighted by atomic mass is 19.2. The van der Waals surface area contributed by atoms with Gasteiger partial charge in [-0.15, -0.1) is 0 Å². The number of nitrogens with zero attached hydrogens (tertiary/aromatic N) is 3. The number of aliphatic hydroxyl groups excluding tert-OH is 2. The van der Waals surface area contributed by atoms with Gasteiger partial charge in [-0.25, -0.2) is 0 Å². The molecule has 306 valence electrons. The number of hydrogen-bond donors (Lipinski definition) is 4. The Morgan fingerprint density at radius 1 is 0.842 bits per heavy atom. The summed E-state index contributed by atoms with van der Waals surface area (Å²) in [5.74, 6) is -0.130. The average molecular weight is 792 g/mol. The highest BCUT2D eigenvalue weighted by molar-refractivity contribution is 6.58. The zero-order chi connectivity index (χ0) is 41.0. The van der Waals surface area contributed by atoms with Crippen LogP contribution >= 0.6 is 0 Å². The van der Waals surface area contributed by atoms with Gasteiger partial charge < -0.3 is 62.3 Å². The van der Waals surface area contributed by atoms with Crippen molar-refractivity contribution in [1.29, 1.82) is 0 Å². The summed E-state index contributed by atoms with van der Waals surface area (Å²) in [7, 11) is 1.62. The van der Waals surface area contributed by atoms with Crippen LogP contribution in [0.25, 0.3) is 11.6 Å². The van der Waals surface area contributed by atoms with Crippen LogP contribution in [0.3, 0.4) is 0 Å². The van der Waals surface area contributed by atoms with Crippen molar-refractivity contribution in [3.63, 3.8) is 0 Å². The van der Waals surface area contributed by atoms with E-state index in [9.17, 15) is 9.59 Å². The van der Waals surface area contributed by atoms with Crippen LogP contribution in [-0.2, 0) is 23.8 Å². The molecular formula is C41H52BF2N5O8. The van der Waals surface area contributed by atoms with Crippen molar-refractivity contribution in [2.45, 2.75) is 20.8 Å². The number of aliphatic hydroxyl groups is 2. The summed E-state index contributed by atoms with van der Waals surface area (Å²) in [4.78, 5) is 26.5. The normalized spacial score (nSPS) is 14.5.